The van der Waals surface area contributed by atoms with Crippen LogP contribution in [0.3, 0.4) is 0 Å². The van der Waals surface area contributed by atoms with Crippen LogP contribution >= 0.6 is 0 Å². The summed E-state index contributed by atoms with van der Waals surface area (Å²) in [6, 6.07) is -0.938. The molecule has 0 aromatic carbocycles. The summed E-state index contributed by atoms with van der Waals surface area (Å²) in [6.45, 7) is 1.20. The number of rotatable bonds is 9. The number of aliphatic hydroxyl groups is 4. The van der Waals surface area contributed by atoms with Gasteiger partial charge in [0.2, 0.25) is 11.7 Å². The lowest BCUT2D eigenvalue weighted by Crippen LogP contribution is -2.64. The number of carboxylic acid groups (broad SMARTS) is 1. The number of hydrogen-bond donors (Lipinski definition) is 7. The van der Waals surface area contributed by atoms with Crippen LogP contribution < -0.4 is 10.6 Å². The smallest absolute Gasteiger partial charge is 0.326 e. The van der Waals surface area contributed by atoms with Gasteiger partial charge in [-0.3, -0.25) is 4.79 Å². The molecule has 1 unspecified atom stereocenters. The van der Waals surface area contributed by atoms with Crippen LogP contribution in [-0.2, 0) is 14.3 Å². The van der Waals surface area contributed by atoms with Crippen molar-refractivity contribution in [2.75, 3.05) is 19.7 Å². The minimum Gasteiger partial charge on any atom is -0.480 e. The highest BCUT2D eigenvalue weighted by atomic mass is 16.6. The van der Waals surface area contributed by atoms with Crippen LogP contribution in [0.15, 0.2) is 0 Å². The summed E-state index contributed by atoms with van der Waals surface area (Å²) >= 11 is 0. The zero-order valence-corrected chi connectivity index (χ0v) is 13.5. The van der Waals surface area contributed by atoms with Crippen molar-refractivity contribution >= 4 is 11.9 Å². The third-order valence-electron chi connectivity index (χ3n) is 3.83. The van der Waals surface area contributed by atoms with Crippen molar-refractivity contribution in [3.63, 3.8) is 0 Å². The van der Waals surface area contributed by atoms with E-state index in [9.17, 15) is 30.0 Å². The maximum absolute atomic E-state index is 10.9. The van der Waals surface area contributed by atoms with Crippen LogP contribution in [0.2, 0.25) is 0 Å². The molecular formula is C14H26N2O8. The number of nitrogens with one attached hydrogen (secondary N) is 2. The van der Waals surface area contributed by atoms with Crippen molar-refractivity contribution in [3.8, 4) is 0 Å². The average molecular weight is 350 g/mol. The minimum absolute atomic E-state index is 0.161. The fourth-order valence-electron chi connectivity index (χ4n) is 2.42. The van der Waals surface area contributed by atoms with Crippen molar-refractivity contribution in [2.24, 2.45) is 0 Å². The summed E-state index contributed by atoms with van der Waals surface area (Å²) in [5.41, 5.74) is 0. The molecule has 0 aliphatic carbocycles. The van der Waals surface area contributed by atoms with Gasteiger partial charge < -0.3 is 40.9 Å². The number of amides is 1. The monoisotopic (exact) mass is 350 g/mol. The van der Waals surface area contributed by atoms with E-state index in [2.05, 4.69) is 10.6 Å². The van der Waals surface area contributed by atoms with Crippen LogP contribution in [0, 0.1) is 0 Å². The van der Waals surface area contributed by atoms with E-state index in [0.29, 0.717) is 19.4 Å². The fraction of sp³-hybridized carbons (Fsp3) is 0.857. The molecule has 10 nitrogen and oxygen atoms in total. The van der Waals surface area contributed by atoms with Crippen LogP contribution in [0.25, 0.3) is 0 Å². The molecule has 0 saturated carbocycles. The SMILES string of the molecule is CC(=O)NC(CCCCNC[C@@]1(O)OC[C@@H](O)[C@@H](O)[C@@H]1O)C(=O)O. The standard InChI is InChI=1S/C14H26N2O8/c1-8(17)16-9(13(21)22)4-2-3-5-15-7-14(23)12(20)11(19)10(18)6-24-14/h9-12,15,18-20,23H,2-7H2,1H3,(H,16,17)(H,21,22)/t9?,10-,11-,12+,14-/m1/s1. The molecule has 5 atom stereocenters. The van der Waals surface area contributed by atoms with E-state index in [1.54, 1.807) is 0 Å². The molecule has 140 valence electrons. The zero-order valence-electron chi connectivity index (χ0n) is 13.5. The second kappa shape index (κ2) is 9.25. The Balaban J connectivity index is 2.26. The van der Waals surface area contributed by atoms with E-state index in [0.717, 1.165) is 0 Å². The molecule has 0 spiro atoms. The Hall–Kier alpha value is -1.30. The van der Waals surface area contributed by atoms with Crippen molar-refractivity contribution in [1.82, 2.24) is 10.6 Å². The molecule has 1 rings (SSSR count). The Morgan fingerprint density at radius 1 is 1.29 bits per heavy atom. The number of carbonyl (C=O) groups excluding carboxylic acids is 1. The van der Waals surface area contributed by atoms with Gasteiger partial charge in [0, 0.05) is 6.92 Å². The van der Waals surface area contributed by atoms with Gasteiger partial charge in [-0.15, -0.1) is 0 Å². The van der Waals surface area contributed by atoms with Crippen molar-refractivity contribution in [1.29, 1.82) is 0 Å². The van der Waals surface area contributed by atoms with Gasteiger partial charge in [-0.05, 0) is 25.8 Å². The Morgan fingerprint density at radius 3 is 2.54 bits per heavy atom. The lowest BCUT2D eigenvalue weighted by molar-refractivity contribution is -0.317. The summed E-state index contributed by atoms with van der Waals surface area (Å²) in [4.78, 5) is 21.8. The molecule has 10 heteroatoms. The molecule has 1 heterocycles. The molecule has 1 amide bonds. The maximum Gasteiger partial charge on any atom is 0.326 e. The zero-order chi connectivity index (χ0) is 18.3. The summed E-state index contributed by atoms with van der Waals surface area (Å²) in [7, 11) is 0. The first kappa shape index (κ1) is 20.7. The number of carbonyl (C=O) groups is 2. The number of aliphatic hydroxyl groups excluding tert-OH is 3. The van der Waals surface area contributed by atoms with Gasteiger partial charge in [0.25, 0.3) is 0 Å². The number of unbranched alkanes of at least 4 members (excludes halogenated alkanes) is 1. The number of aliphatic carboxylic acids is 1. The lowest BCUT2D eigenvalue weighted by atomic mass is 9.97. The molecule has 1 aliphatic rings. The highest BCUT2D eigenvalue weighted by molar-refractivity contribution is 5.81. The van der Waals surface area contributed by atoms with Gasteiger partial charge in [0.05, 0.1) is 13.2 Å². The second-order valence-corrected chi connectivity index (χ2v) is 5.92. The number of carboxylic acids is 1. The number of hydrogen-bond acceptors (Lipinski definition) is 8. The van der Waals surface area contributed by atoms with Crippen molar-refractivity contribution < 1.29 is 39.9 Å². The van der Waals surface area contributed by atoms with E-state index in [4.69, 9.17) is 9.84 Å². The van der Waals surface area contributed by atoms with E-state index < -0.39 is 42.0 Å². The van der Waals surface area contributed by atoms with Crippen LogP contribution in [0.4, 0.5) is 0 Å². The molecule has 24 heavy (non-hydrogen) atoms. The van der Waals surface area contributed by atoms with Gasteiger partial charge in [0.15, 0.2) is 0 Å². The lowest BCUT2D eigenvalue weighted by Gasteiger charge is -2.41. The molecule has 7 N–H and O–H groups in total. The molecule has 0 aromatic heterocycles. The molecular weight excluding hydrogens is 324 g/mol. The fourth-order valence-corrected chi connectivity index (χ4v) is 2.42. The van der Waals surface area contributed by atoms with Crippen molar-refractivity contribution in [2.45, 2.75) is 56.3 Å². The van der Waals surface area contributed by atoms with Gasteiger partial charge >= 0.3 is 5.97 Å². The first-order valence-corrected chi connectivity index (χ1v) is 7.78. The van der Waals surface area contributed by atoms with E-state index >= 15 is 0 Å². The Bertz CT molecular complexity index is 435. The van der Waals surface area contributed by atoms with E-state index in [1.165, 1.54) is 6.92 Å². The molecule has 0 bridgehead atoms. The first-order chi connectivity index (χ1) is 11.2. The Labute approximate surface area is 139 Å². The predicted octanol–water partition coefficient (Wildman–Crippen LogP) is -2.86. The normalized spacial score (nSPS) is 31.5. The predicted molar refractivity (Wildman–Crippen MR) is 80.9 cm³/mol. The minimum atomic E-state index is -2.00. The summed E-state index contributed by atoms with van der Waals surface area (Å²) in [5.74, 6) is -3.51. The maximum atomic E-state index is 10.9. The largest absolute Gasteiger partial charge is 0.480 e. The van der Waals surface area contributed by atoms with Gasteiger partial charge in [-0.1, -0.05) is 0 Å². The van der Waals surface area contributed by atoms with E-state index in [-0.39, 0.29) is 19.6 Å². The second-order valence-electron chi connectivity index (χ2n) is 5.92. The topological polar surface area (TPSA) is 169 Å². The van der Waals surface area contributed by atoms with Crippen LogP contribution in [0.5, 0.6) is 0 Å². The highest BCUT2D eigenvalue weighted by Crippen LogP contribution is 2.23. The van der Waals surface area contributed by atoms with Crippen LogP contribution in [0.1, 0.15) is 26.2 Å². The van der Waals surface area contributed by atoms with Gasteiger partial charge in [-0.25, -0.2) is 4.79 Å². The Morgan fingerprint density at radius 2 is 1.96 bits per heavy atom. The summed E-state index contributed by atoms with van der Waals surface area (Å²) in [5, 5.41) is 52.9. The first-order valence-electron chi connectivity index (χ1n) is 7.78. The molecule has 0 radical (unpaired) electrons. The van der Waals surface area contributed by atoms with Gasteiger partial charge in [-0.2, -0.15) is 0 Å². The molecule has 0 aromatic rings. The molecule has 1 saturated heterocycles. The van der Waals surface area contributed by atoms with E-state index in [1.807, 2.05) is 0 Å². The quantitative estimate of drug-likeness (QED) is 0.216. The summed E-state index contributed by atoms with van der Waals surface area (Å²) < 4.78 is 4.99. The van der Waals surface area contributed by atoms with Crippen molar-refractivity contribution in [3.05, 3.63) is 0 Å². The Kier molecular flexibility index (Phi) is 8.00. The summed E-state index contributed by atoms with van der Waals surface area (Å²) in [6.07, 6.45) is -3.05. The number of ether oxygens (including phenoxy) is 1. The third kappa shape index (κ3) is 5.96. The van der Waals surface area contributed by atoms with Gasteiger partial charge in [0.1, 0.15) is 24.4 Å². The highest BCUT2D eigenvalue weighted by Gasteiger charge is 2.47. The third-order valence-corrected chi connectivity index (χ3v) is 3.83. The molecule has 1 fully saturated rings. The average Bonchev–Trinajstić information content (AvgIpc) is 2.51. The molecule has 1 aliphatic heterocycles. The van der Waals surface area contributed by atoms with Crippen LogP contribution in [-0.4, -0.2) is 87.2 Å².